The molecule has 10 nitrogen and oxygen atoms in total. The first-order valence-corrected chi connectivity index (χ1v) is 11.1. The Morgan fingerprint density at radius 2 is 1.90 bits per heavy atom. The number of aromatic nitrogens is 2. The molecule has 31 heavy (non-hydrogen) atoms. The van der Waals surface area contributed by atoms with Crippen LogP contribution in [0, 0.1) is 0 Å². The maximum Gasteiger partial charge on any atom is 0.387 e. The van der Waals surface area contributed by atoms with Gasteiger partial charge in [-0.3, -0.25) is 4.79 Å². The molecule has 0 aliphatic carbocycles. The molecule has 0 saturated heterocycles. The first-order chi connectivity index (χ1) is 14.2. The predicted octanol–water partition coefficient (Wildman–Crippen LogP) is 1.49. The van der Waals surface area contributed by atoms with Gasteiger partial charge in [0, 0.05) is 12.4 Å². The number of amides is 1. The molecule has 0 radical (unpaired) electrons. The first kappa shape index (κ1) is 22.8. The number of carbonyl (C=O) groups is 1. The van der Waals surface area contributed by atoms with Crippen molar-refractivity contribution in [3.63, 3.8) is 0 Å². The maximum absolute atomic E-state index is 13.0. The van der Waals surface area contributed by atoms with Crippen molar-refractivity contribution in [1.29, 1.82) is 0 Å². The topological polar surface area (TPSA) is 154 Å². The van der Waals surface area contributed by atoms with Crippen LogP contribution in [0.1, 0.15) is 36.3 Å². The van der Waals surface area contributed by atoms with Crippen molar-refractivity contribution in [1.82, 2.24) is 14.3 Å². The van der Waals surface area contributed by atoms with Crippen molar-refractivity contribution < 1.29 is 26.7 Å². The summed E-state index contributed by atoms with van der Waals surface area (Å²) >= 11 is 1.04. The van der Waals surface area contributed by atoms with E-state index >= 15 is 0 Å². The quantitative estimate of drug-likeness (QED) is 0.665. The Kier molecular flexibility index (Phi) is 5.42. The van der Waals surface area contributed by atoms with E-state index in [4.69, 9.17) is 11.5 Å². The van der Waals surface area contributed by atoms with Gasteiger partial charge in [0.2, 0.25) is 16.0 Å². The number of thiazole rings is 1. The second-order valence-corrected chi connectivity index (χ2v) is 10.7. The van der Waals surface area contributed by atoms with E-state index in [2.05, 4.69) is 19.7 Å². The van der Waals surface area contributed by atoms with Gasteiger partial charge in [-0.05, 0) is 32.9 Å². The molecule has 1 unspecified atom stereocenters. The van der Waals surface area contributed by atoms with Gasteiger partial charge in [0.05, 0.1) is 0 Å². The molecule has 1 atom stereocenters. The standard InChI is InChI=1S/C17H20F2N6O4S2/c1-16(2)17(3,24-15(21)25(4)31(16,27)28)13-23-9(7-30-13)11-10(29-14(18)19)6-5-8(22-11)12(20)26/h5-7,14H,1-4H3,(H2,20,26)(H2,21,24). The van der Waals surface area contributed by atoms with Crippen molar-refractivity contribution in [2.75, 3.05) is 7.05 Å². The van der Waals surface area contributed by atoms with E-state index in [1.807, 2.05) is 0 Å². The molecule has 0 spiro atoms. The molecule has 2 aromatic rings. The van der Waals surface area contributed by atoms with Crippen LogP contribution < -0.4 is 16.2 Å². The molecule has 4 N–H and O–H groups in total. The third kappa shape index (κ3) is 3.48. The van der Waals surface area contributed by atoms with Gasteiger partial charge in [-0.15, -0.1) is 11.3 Å². The average Bonchev–Trinajstić information content (AvgIpc) is 3.16. The second kappa shape index (κ2) is 7.37. The Bertz CT molecular complexity index is 1180. The molecule has 1 aliphatic rings. The number of primary amides is 1. The fourth-order valence-corrected chi connectivity index (χ4v) is 5.77. The number of halogens is 2. The molecule has 14 heteroatoms. The Balaban J connectivity index is 2.18. The van der Waals surface area contributed by atoms with E-state index in [0.29, 0.717) is 0 Å². The molecular weight excluding hydrogens is 454 g/mol. The van der Waals surface area contributed by atoms with Crippen molar-refractivity contribution in [3.8, 4) is 17.1 Å². The number of alkyl halides is 2. The zero-order chi connectivity index (χ0) is 23.4. The maximum atomic E-state index is 13.0. The predicted molar refractivity (Wildman–Crippen MR) is 110 cm³/mol. The van der Waals surface area contributed by atoms with Crippen LogP contribution in [0.15, 0.2) is 22.5 Å². The number of aliphatic imine (C=N–C) groups is 1. The number of hydrogen-bond donors (Lipinski definition) is 2. The molecule has 0 fully saturated rings. The van der Waals surface area contributed by atoms with E-state index in [-0.39, 0.29) is 33.8 Å². The van der Waals surface area contributed by atoms with E-state index in [9.17, 15) is 22.0 Å². The number of carbonyl (C=O) groups excluding carboxylic acids is 1. The lowest BCUT2D eigenvalue weighted by atomic mass is 9.88. The SMILES string of the molecule is CN1C(N)=NC(C)(c2nc(-c3nc(C(N)=O)ccc3OC(F)F)cs2)C(C)(C)S1(=O)=O. The van der Waals surface area contributed by atoms with Crippen LogP contribution in [0.25, 0.3) is 11.4 Å². The Labute approximate surface area is 181 Å². The highest BCUT2D eigenvalue weighted by Crippen LogP contribution is 2.47. The van der Waals surface area contributed by atoms with E-state index in [0.717, 1.165) is 27.8 Å². The lowest BCUT2D eigenvalue weighted by Gasteiger charge is -2.45. The van der Waals surface area contributed by atoms with Crippen LogP contribution in [-0.2, 0) is 15.6 Å². The minimum Gasteiger partial charge on any atom is -0.432 e. The smallest absolute Gasteiger partial charge is 0.387 e. The van der Waals surface area contributed by atoms with Gasteiger partial charge in [0.15, 0.2) is 5.75 Å². The van der Waals surface area contributed by atoms with Crippen LogP contribution in [0.5, 0.6) is 5.75 Å². The molecule has 168 valence electrons. The lowest BCUT2D eigenvalue weighted by molar-refractivity contribution is -0.0496. The number of nitrogens with zero attached hydrogens (tertiary/aromatic N) is 4. The summed E-state index contributed by atoms with van der Waals surface area (Å²) in [4.78, 5) is 24.3. The summed E-state index contributed by atoms with van der Waals surface area (Å²) in [7, 11) is -2.60. The van der Waals surface area contributed by atoms with Gasteiger partial charge in [0.1, 0.15) is 32.4 Å². The fraction of sp³-hybridized carbons (Fsp3) is 0.412. The van der Waals surface area contributed by atoms with Crippen LogP contribution in [0.3, 0.4) is 0 Å². The summed E-state index contributed by atoms with van der Waals surface area (Å²) in [5.41, 5.74) is 9.45. The van der Waals surface area contributed by atoms with Crippen LogP contribution >= 0.6 is 11.3 Å². The Hall–Kier alpha value is -2.87. The molecular formula is C17H20F2N6O4S2. The van der Waals surface area contributed by atoms with Crippen molar-refractivity contribution >= 4 is 33.2 Å². The normalized spacial score (nSPS) is 22.3. The highest BCUT2D eigenvalue weighted by molar-refractivity contribution is 7.91. The minimum atomic E-state index is -3.90. The van der Waals surface area contributed by atoms with Crippen LogP contribution in [-0.4, -0.2) is 53.0 Å². The average molecular weight is 475 g/mol. The van der Waals surface area contributed by atoms with Gasteiger partial charge in [-0.2, -0.15) is 8.78 Å². The Morgan fingerprint density at radius 1 is 1.26 bits per heavy atom. The lowest BCUT2D eigenvalue weighted by Crippen LogP contribution is -2.61. The second-order valence-electron chi connectivity index (χ2n) is 7.35. The van der Waals surface area contributed by atoms with Gasteiger partial charge >= 0.3 is 6.61 Å². The molecule has 1 aliphatic heterocycles. The molecule has 0 bridgehead atoms. The van der Waals surface area contributed by atoms with Crippen molar-refractivity contribution in [2.45, 2.75) is 37.7 Å². The first-order valence-electron chi connectivity index (χ1n) is 8.78. The van der Waals surface area contributed by atoms with E-state index in [1.54, 1.807) is 6.92 Å². The largest absolute Gasteiger partial charge is 0.432 e. The Morgan fingerprint density at radius 3 is 2.48 bits per heavy atom. The fourth-order valence-electron chi connectivity index (χ4n) is 3.02. The number of pyridine rings is 1. The van der Waals surface area contributed by atoms with Gasteiger partial charge in [-0.25, -0.2) is 27.7 Å². The molecule has 3 rings (SSSR count). The van der Waals surface area contributed by atoms with E-state index in [1.165, 1.54) is 26.3 Å². The zero-order valence-electron chi connectivity index (χ0n) is 17.0. The number of rotatable bonds is 5. The summed E-state index contributed by atoms with van der Waals surface area (Å²) in [6, 6.07) is 2.28. The number of nitrogens with two attached hydrogens (primary N) is 2. The van der Waals surface area contributed by atoms with Gasteiger partial charge in [-0.1, -0.05) is 0 Å². The third-order valence-corrected chi connectivity index (χ3v) is 8.98. The summed E-state index contributed by atoms with van der Waals surface area (Å²) in [6.07, 6.45) is 0. The molecule has 2 aromatic heterocycles. The van der Waals surface area contributed by atoms with Gasteiger partial charge in [0.25, 0.3) is 5.91 Å². The number of hydrogen-bond acceptors (Lipinski definition) is 9. The molecule has 3 heterocycles. The monoisotopic (exact) mass is 474 g/mol. The minimum absolute atomic E-state index is 0.0841. The summed E-state index contributed by atoms with van der Waals surface area (Å²) < 4.78 is 55.6. The van der Waals surface area contributed by atoms with Crippen molar-refractivity contribution in [3.05, 3.63) is 28.2 Å². The van der Waals surface area contributed by atoms with Crippen LogP contribution in [0.4, 0.5) is 8.78 Å². The number of sulfonamides is 1. The number of guanidine groups is 1. The third-order valence-electron chi connectivity index (χ3n) is 5.33. The highest BCUT2D eigenvalue weighted by atomic mass is 32.2. The van der Waals surface area contributed by atoms with Crippen LogP contribution in [0.2, 0.25) is 0 Å². The summed E-state index contributed by atoms with van der Waals surface area (Å²) in [5.74, 6) is -1.40. The molecule has 0 saturated carbocycles. The number of ether oxygens (including phenoxy) is 1. The molecule has 1 amide bonds. The zero-order valence-corrected chi connectivity index (χ0v) is 18.6. The van der Waals surface area contributed by atoms with Gasteiger partial charge < -0.3 is 16.2 Å². The summed E-state index contributed by atoms with van der Waals surface area (Å²) in [6.45, 7) is 1.41. The molecule has 0 aromatic carbocycles. The van der Waals surface area contributed by atoms with E-state index < -0.39 is 32.8 Å². The summed E-state index contributed by atoms with van der Waals surface area (Å²) in [5, 5.41) is 1.72. The highest BCUT2D eigenvalue weighted by Gasteiger charge is 2.58. The van der Waals surface area contributed by atoms with Crippen molar-refractivity contribution in [2.24, 2.45) is 16.5 Å².